The Morgan fingerprint density at radius 1 is 0.504 bits per heavy atom. The average Bonchev–Trinajstić information content (AvgIpc) is 1.69. The van der Waals surface area contributed by atoms with Crippen LogP contribution in [0.5, 0.6) is 23.0 Å². The summed E-state index contributed by atoms with van der Waals surface area (Å²) in [5.74, 6) is 0.220. The Labute approximate surface area is 717 Å². The number of nitrogen functional groups attached to an aromatic ring is 1. The molecule has 0 saturated heterocycles. The van der Waals surface area contributed by atoms with E-state index >= 15 is 0 Å². The molecule has 8 N–H and O–H groups in total. The maximum atomic E-state index is 13.7. The zero-order chi connectivity index (χ0) is 86.4. The first-order valence-electron chi connectivity index (χ1n) is 39.0. The number of carboxylic acid groups (broad SMARTS) is 1. The van der Waals surface area contributed by atoms with Crippen molar-refractivity contribution in [1.29, 1.82) is 0 Å². The van der Waals surface area contributed by atoms with Crippen LogP contribution >= 0.6 is 43.2 Å². The molecule has 121 heavy (non-hydrogen) atoms. The normalized spacial score (nSPS) is 14.2. The van der Waals surface area contributed by atoms with Crippen LogP contribution in [0.15, 0.2) is 168 Å². The van der Waals surface area contributed by atoms with E-state index < -0.39 is 11.9 Å². The first kappa shape index (κ1) is 88.1. The van der Waals surface area contributed by atoms with Crippen molar-refractivity contribution >= 4 is 137 Å². The number of carbonyl (C=O) groups is 8. The molecule has 4 aliphatic heterocycles. The van der Waals surface area contributed by atoms with Crippen molar-refractivity contribution in [2.75, 3.05) is 74.7 Å². The number of benzene rings is 6. The fourth-order valence-electron chi connectivity index (χ4n) is 14.2. The molecule has 14 rings (SSSR count). The van der Waals surface area contributed by atoms with Crippen LogP contribution in [0.4, 0.5) is 34.4 Å². The number of aromatic nitrogens is 6. The van der Waals surface area contributed by atoms with E-state index in [0.29, 0.717) is 120 Å². The Balaban J connectivity index is 0.000000184. The lowest BCUT2D eigenvalue weighted by Gasteiger charge is -2.34. The second kappa shape index (κ2) is 39.3. The molecule has 8 heterocycles. The number of nitrogens with zero attached hydrogens (tertiary/aromatic N) is 10. The fourth-order valence-corrected chi connectivity index (χ4v) is 18.4. The van der Waals surface area contributed by atoms with Gasteiger partial charge in [0.2, 0.25) is 17.6 Å². The molecule has 4 aromatic heterocycles. The van der Waals surface area contributed by atoms with Gasteiger partial charge in [0.1, 0.15) is 17.2 Å². The summed E-state index contributed by atoms with van der Waals surface area (Å²) >= 11 is 0. The number of ether oxygens (including phenoxy) is 4. The van der Waals surface area contributed by atoms with Gasteiger partial charge in [0, 0.05) is 149 Å². The minimum atomic E-state index is -0.865. The van der Waals surface area contributed by atoms with E-state index in [1.807, 2.05) is 139 Å². The molecule has 2 atom stereocenters. The number of carbonyl (C=O) groups excluding carboxylic acids is 7. The van der Waals surface area contributed by atoms with Crippen LogP contribution in [0.3, 0.4) is 0 Å². The molecule has 0 saturated carbocycles. The number of hydrogen-bond donors (Lipinski definition) is 7. The molecule has 0 fully saturated rings. The predicted molar refractivity (Wildman–Crippen MR) is 479 cm³/mol. The standard InChI is InChI=1S/C44H48N8O6S2.C22H28N6O2S2.C22H22N2O5/c1-44(2,60-59-6)26-46-41(54)35-19-30(23-50(35)3)27-13-15-31(16-14-27)47-42(55)40-49-38(25-51(40)4)48-39(53)12-9-17-58-37-21-34-33(20-36(37)57-5)43(56)52-24-29-11-8-7-10-28(29)18-32(52)22-45-34;1-22(2,32-31-5)13-24-20(29)17-10-15(11-27(17)3)14-6-8-16(9-7-14)25-21(30)19-26-18(23)12-28(19)4;1-28-19-10-17-18(11-20(19)29-8-4-7-21(25)26)23-12-16-9-14-5-2-3-6-15(14)13-24(16)22(17)27/h7-8,10-11,13-16,19-23,25,32H,9,12,17-18,24,26H2,1-6H3,(H,46,54)(H,47,55)(H,48,53);6-12H,13,23H2,1-5H3,(H,24,29)(H,25,30);2-3,5-6,10-12,16H,4,7-9,13H2,1H3,(H,25,26)/t32-;;16-/m0.0/s1. The average molecular weight is 1720 g/mol. The van der Waals surface area contributed by atoms with E-state index in [-0.39, 0.29) is 101 Å². The number of nitrogens with two attached hydrogens (primary N) is 1. The third-order valence-corrected chi connectivity index (χ3v) is 25.6. The number of fused-ring (bicyclic) bond motifs is 6. The summed E-state index contributed by atoms with van der Waals surface area (Å²) in [5.41, 5.74) is 18.3. The van der Waals surface area contributed by atoms with E-state index in [0.717, 1.165) is 39.8 Å². The first-order chi connectivity index (χ1) is 58.0. The third-order valence-electron chi connectivity index (χ3n) is 20.3. The maximum absolute atomic E-state index is 13.7. The van der Waals surface area contributed by atoms with Gasteiger partial charge in [0.05, 0.1) is 62.0 Å². The van der Waals surface area contributed by atoms with Gasteiger partial charge in [-0.2, -0.15) is 0 Å². The van der Waals surface area contributed by atoms with Gasteiger partial charge in [-0.05, 0) is 148 Å². The Hall–Kier alpha value is -12.2. The third kappa shape index (κ3) is 22.1. The highest BCUT2D eigenvalue weighted by molar-refractivity contribution is 8.77. The highest BCUT2D eigenvalue weighted by Crippen LogP contribution is 2.42. The number of imidazole rings is 2. The summed E-state index contributed by atoms with van der Waals surface area (Å²) < 4.78 is 29.3. The molecule has 0 spiro atoms. The number of aliphatic carboxylic acids is 1. The lowest BCUT2D eigenvalue weighted by molar-refractivity contribution is -0.137. The van der Waals surface area contributed by atoms with E-state index in [1.165, 1.54) is 25.3 Å². The topological polar surface area (TPSA) is 357 Å². The molecule has 632 valence electrons. The number of aryl methyl sites for hydroxylation is 4. The van der Waals surface area contributed by atoms with Gasteiger partial charge in [-0.25, -0.2) is 9.97 Å². The smallest absolute Gasteiger partial charge is 0.303 e. The van der Waals surface area contributed by atoms with Crippen LogP contribution in [-0.2, 0) is 63.7 Å². The summed E-state index contributed by atoms with van der Waals surface area (Å²) in [6.07, 6.45) is 17.0. The minimum Gasteiger partial charge on any atom is -0.493 e. The summed E-state index contributed by atoms with van der Waals surface area (Å²) in [4.78, 5) is 123. The number of hydrogen-bond acceptors (Lipinski definition) is 21. The Morgan fingerprint density at radius 3 is 1.34 bits per heavy atom. The van der Waals surface area contributed by atoms with Crippen LogP contribution in [0.2, 0.25) is 0 Å². The molecule has 0 unspecified atom stereocenters. The van der Waals surface area contributed by atoms with Crippen molar-refractivity contribution in [2.24, 2.45) is 38.2 Å². The van der Waals surface area contributed by atoms with Gasteiger partial charge in [0.25, 0.3) is 35.4 Å². The number of aliphatic imine (C=N–C) groups is 2. The van der Waals surface area contributed by atoms with Crippen molar-refractivity contribution in [2.45, 2.75) is 101 Å². The quantitative estimate of drug-likeness (QED) is 0.0169. The molecule has 0 radical (unpaired) electrons. The summed E-state index contributed by atoms with van der Waals surface area (Å²) in [6, 6.07) is 41.2. The van der Waals surface area contributed by atoms with E-state index in [4.69, 9.17) is 29.8 Å². The summed E-state index contributed by atoms with van der Waals surface area (Å²) in [6.45, 7) is 11.0. The van der Waals surface area contributed by atoms with Crippen molar-refractivity contribution < 1.29 is 62.4 Å². The Kier molecular flexibility index (Phi) is 28.6. The summed E-state index contributed by atoms with van der Waals surface area (Å²) in [5, 5.41) is 23.3. The summed E-state index contributed by atoms with van der Waals surface area (Å²) in [7, 11) is 16.9. The lowest BCUT2D eigenvalue weighted by Crippen LogP contribution is -2.44. The minimum absolute atomic E-state index is 0.0289. The molecule has 0 aliphatic carbocycles. The van der Waals surface area contributed by atoms with Crippen LogP contribution in [0, 0.1) is 0 Å². The molecule has 29 nitrogen and oxygen atoms in total. The van der Waals surface area contributed by atoms with Gasteiger partial charge >= 0.3 is 5.97 Å². The van der Waals surface area contributed by atoms with Crippen LogP contribution < -0.4 is 51.3 Å². The monoisotopic (exact) mass is 1710 g/mol. The zero-order valence-electron chi connectivity index (χ0n) is 69.3. The van der Waals surface area contributed by atoms with Gasteiger partial charge in [-0.1, -0.05) is 116 Å². The lowest BCUT2D eigenvalue weighted by atomic mass is 9.94. The van der Waals surface area contributed by atoms with E-state index in [2.05, 4.69) is 98.5 Å². The second-order valence-corrected chi connectivity index (χ2v) is 36.7. The van der Waals surface area contributed by atoms with Crippen molar-refractivity contribution in [3.8, 4) is 45.3 Å². The largest absolute Gasteiger partial charge is 0.493 e. The molecule has 4 aliphatic rings. The Bertz CT molecular complexity index is 5580. The number of nitrogens with one attached hydrogen (secondary N) is 5. The number of amides is 7. The molecule has 6 aromatic carbocycles. The van der Waals surface area contributed by atoms with Crippen LogP contribution in [-0.4, -0.2) is 178 Å². The number of anilines is 4. The molecule has 7 amide bonds. The molecular formula is C88H98N16O13S4. The van der Waals surface area contributed by atoms with Crippen molar-refractivity contribution in [3.05, 3.63) is 215 Å². The Morgan fingerprint density at radius 2 is 0.926 bits per heavy atom. The van der Waals surface area contributed by atoms with Crippen molar-refractivity contribution in [1.82, 2.24) is 48.7 Å². The number of carboxylic acids is 1. The van der Waals surface area contributed by atoms with Gasteiger partial charge < -0.3 is 84.4 Å². The number of methoxy groups -OCH3 is 2. The molecule has 33 heteroatoms. The highest BCUT2D eigenvalue weighted by Gasteiger charge is 2.36. The molecule has 0 bridgehead atoms. The predicted octanol–water partition coefficient (Wildman–Crippen LogP) is 14.3. The van der Waals surface area contributed by atoms with Crippen molar-refractivity contribution in [3.63, 3.8) is 0 Å². The van der Waals surface area contributed by atoms with Crippen LogP contribution in [0.25, 0.3) is 22.3 Å². The zero-order valence-corrected chi connectivity index (χ0v) is 72.6. The molecular weight excluding hydrogens is 1620 g/mol. The highest BCUT2D eigenvalue weighted by atomic mass is 33.1. The van der Waals surface area contributed by atoms with Gasteiger partial charge in [-0.3, -0.25) is 48.3 Å². The fraction of sp³-hybridized carbons (Fsp3) is 0.318. The van der Waals surface area contributed by atoms with E-state index in [9.17, 15) is 38.4 Å². The van der Waals surface area contributed by atoms with Gasteiger partial charge in [-0.15, -0.1) is 0 Å². The SMILES string of the molecule is COc1cc2c(cc1OCCCC(=O)Nc1cn(C)c(C(=O)Nc3ccc(-c4cc(C(=O)NCC(C)(C)SSC)n(C)c4)cc3)n1)N=C[C@@H]1Cc3ccccc3CN1C2=O.COc1cc2c(cc1OCCCC(=O)O)N=C[C@@H]1Cc3ccccc3CN1C2=O.CSSC(C)(C)CNC(=O)c1cc(-c2ccc(NC(=O)c3nc(N)cn3C)cc2)cn1C. The second-order valence-electron chi connectivity index (χ2n) is 30.4. The number of rotatable bonds is 29. The first-order valence-corrected chi connectivity index (χ1v) is 44.1. The van der Waals surface area contributed by atoms with Crippen LogP contribution in [0.1, 0.15) is 139 Å². The van der Waals surface area contributed by atoms with Gasteiger partial charge in [0.15, 0.2) is 28.8 Å². The molecule has 10 aromatic rings. The van der Waals surface area contributed by atoms with E-state index in [1.54, 1.807) is 120 Å². The maximum Gasteiger partial charge on any atom is 0.303 e.